The molecule has 0 saturated heterocycles. The second-order valence-electron chi connectivity index (χ2n) is 2.80. The summed E-state index contributed by atoms with van der Waals surface area (Å²) < 4.78 is 4.93. The number of primary amides is 1. The molecule has 14 heavy (non-hydrogen) atoms. The summed E-state index contributed by atoms with van der Waals surface area (Å²) in [7, 11) is 0. The fraction of sp³-hybridized carbons (Fsp3) is 0.111. The minimum absolute atomic E-state index is 0.310. The Bertz CT molecular complexity index is 389. The molecule has 1 aliphatic heterocycles. The van der Waals surface area contributed by atoms with Crippen molar-refractivity contribution in [3.8, 4) is 0 Å². The van der Waals surface area contributed by atoms with Gasteiger partial charge in [0.1, 0.15) is 0 Å². The van der Waals surface area contributed by atoms with Gasteiger partial charge in [-0.2, -0.15) is 0 Å². The predicted octanol–water partition coefficient (Wildman–Crippen LogP) is 0.523. The number of rotatable bonds is 2. The lowest BCUT2D eigenvalue weighted by Crippen LogP contribution is -2.19. The molecule has 0 radical (unpaired) electrons. The zero-order chi connectivity index (χ0) is 9.97. The summed E-state index contributed by atoms with van der Waals surface area (Å²) in [6, 6.07) is 7.00. The van der Waals surface area contributed by atoms with Crippen molar-refractivity contribution in [1.82, 2.24) is 0 Å². The molecule has 2 rings (SSSR count). The summed E-state index contributed by atoms with van der Waals surface area (Å²) in [6.45, 7) is 0.310. The van der Waals surface area contributed by atoms with E-state index in [0.29, 0.717) is 18.0 Å². The summed E-state index contributed by atoms with van der Waals surface area (Å²) in [5.74, 6) is -0.470. The van der Waals surface area contributed by atoms with Gasteiger partial charge in [-0.15, -0.1) is 5.10 Å². The molecule has 1 aromatic carbocycles. The van der Waals surface area contributed by atoms with Crippen LogP contribution in [0.25, 0.3) is 0 Å². The Morgan fingerprint density at radius 1 is 1.50 bits per heavy atom. The van der Waals surface area contributed by atoms with Gasteiger partial charge in [0.05, 0.1) is 11.3 Å². The van der Waals surface area contributed by atoms with E-state index in [0.717, 1.165) is 0 Å². The zero-order valence-corrected chi connectivity index (χ0v) is 7.38. The Morgan fingerprint density at radius 3 is 2.93 bits per heavy atom. The van der Waals surface area contributed by atoms with Crippen LogP contribution in [0.5, 0.6) is 0 Å². The van der Waals surface area contributed by atoms with Crippen molar-refractivity contribution >= 4 is 18.0 Å². The minimum Gasteiger partial charge on any atom is -0.459 e. The molecule has 0 bridgehead atoms. The van der Waals surface area contributed by atoms with Gasteiger partial charge in [0.25, 0.3) is 5.91 Å². The van der Waals surface area contributed by atoms with Gasteiger partial charge in [0, 0.05) is 0 Å². The van der Waals surface area contributed by atoms with E-state index in [1.54, 1.807) is 23.2 Å². The average molecular weight is 191 g/mol. The zero-order valence-electron chi connectivity index (χ0n) is 7.38. The molecule has 1 heterocycles. The standard InChI is InChI=1S/C9H9N3O2/c10-9(13)7-3-1-2-4-8(7)12-6-14-5-11-12/h1-5H,6H2,(H2,10,13). The molecule has 72 valence electrons. The van der Waals surface area contributed by atoms with E-state index >= 15 is 0 Å². The normalized spacial score (nSPS) is 14.1. The summed E-state index contributed by atoms with van der Waals surface area (Å²) in [5.41, 5.74) is 6.32. The van der Waals surface area contributed by atoms with Gasteiger partial charge >= 0.3 is 0 Å². The van der Waals surface area contributed by atoms with Gasteiger partial charge in [0.15, 0.2) is 13.1 Å². The molecule has 5 heteroatoms. The van der Waals surface area contributed by atoms with Crippen molar-refractivity contribution in [2.75, 3.05) is 11.7 Å². The maximum absolute atomic E-state index is 11.1. The fourth-order valence-corrected chi connectivity index (χ4v) is 1.27. The lowest BCUT2D eigenvalue weighted by molar-refractivity contribution is 0.100. The van der Waals surface area contributed by atoms with Gasteiger partial charge in [-0.3, -0.25) is 4.79 Å². The van der Waals surface area contributed by atoms with Crippen LogP contribution in [-0.4, -0.2) is 19.0 Å². The first kappa shape index (κ1) is 8.55. The number of carbonyl (C=O) groups is 1. The number of hydrogen-bond acceptors (Lipinski definition) is 4. The Labute approximate surface area is 80.8 Å². The Hall–Kier alpha value is -2.04. The SMILES string of the molecule is NC(=O)c1ccccc1N1COC=N1. The second kappa shape index (κ2) is 3.37. The minimum atomic E-state index is -0.470. The molecular weight excluding hydrogens is 182 g/mol. The molecule has 0 fully saturated rings. The van der Waals surface area contributed by atoms with E-state index in [1.807, 2.05) is 6.07 Å². The molecule has 0 saturated carbocycles. The van der Waals surface area contributed by atoms with Gasteiger partial charge in [-0.25, -0.2) is 5.01 Å². The number of amides is 1. The molecule has 2 N–H and O–H groups in total. The van der Waals surface area contributed by atoms with Crippen LogP contribution >= 0.6 is 0 Å². The molecule has 5 nitrogen and oxygen atoms in total. The number of carbonyl (C=O) groups excluding carboxylic acids is 1. The molecule has 0 spiro atoms. The van der Waals surface area contributed by atoms with Crippen LogP contribution in [0.1, 0.15) is 10.4 Å². The van der Waals surface area contributed by atoms with E-state index in [1.165, 1.54) is 6.40 Å². The highest BCUT2D eigenvalue weighted by molar-refractivity contribution is 5.98. The monoisotopic (exact) mass is 191 g/mol. The number of hydrazone groups is 1. The van der Waals surface area contributed by atoms with Crippen LogP contribution in [0.3, 0.4) is 0 Å². The van der Waals surface area contributed by atoms with Crippen molar-refractivity contribution in [2.24, 2.45) is 10.8 Å². The Balaban J connectivity index is 2.40. The highest BCUT2D eigenvalue weighted by Gasteiger charge is 2.15. The Kier molecular flexibility index (Phi) is 2.06. The topological polar surface area (TPSA) is 67.9 Å². The lowest BCUT2D eigenvalue weighted by Gasteiger charge is -2.14. The second-order valence-corrected chi connectivity index (χ2v) is 2.80. The largest absolute Gasteiger partial charge is 0.459 e. The summed E-state index contributed by atoms with van der Waals surface area (Å²) in [5, 5.41) is 5.50. The van der Waals surface area contributed by atoms with E-state index < -0.39 is 5.91 Å². The first-order valence-corrected chi connectivity index (χ1v) is 4.09. The van der Waals surface area contributed by atoms with Gasteiger partial charge in [-0.1, -0.05) is 12.1 Å². The predicted molar refractivity (Wildman–Crippen MR) is 51.9 cm³/mol. The molecule has 0 atom stereocenters. The highest BCUT2D eigenvalue weighted by Crippen LogP contribution is 2.21. The number of nitrogens with two attached hydrogens (primary N) is 1. The van der Waals surface area contributed by atoms with Crippen molar-refractivity contribution < 1.29 is 9.53 Å². The van der Waals surface area contributed by atoms with Crippen LogP contribution < -0.4 is 10.7 Å². The third-order valence-corrected chi connectivity index (χ3v) is 1.91. The number of hydrogen-bond donors (Lipinski definition) is 1. The summed E-state index contributed by atoms with van der Waals surface area (Å²) in [6.07, 6.45) is 1.33. The highest BCUT2D eigenvalue weighted by atomic mass is 16.5. The maximum atomic E-state index is 11.1. The summed E-state index contributed by atoms with van der Waals surface area (Å²) in [4.78, 5) is 11.1. The molecule has 0 unspecified atom stereocenters. The van der Waals surface area contributed by atoms with E-state index in [-0.39, 0.29) is 0 Å². The van der Waals surface area contributed by atoms with E-state index in [9.17, 15) is 4.79 Å². The van der Waals surface area contributed by atoms with Crippen molar-refractivity contribution in [3.63, 3.8) is 0 Å². The molecular formula is C9H9N3O2. The third-order valence-electron chi connectivity index (χ3n) is 1.91. The number of para-hydroxylation sites is 1. The van der Waals surface area contributed by atoms with Gasteiger partial charge < -0.3 is 10.5 Å². The fourth-order valence-electron chi connectivity index (χ4n) is 1.27. The summed E-state index contributed by atoms with van der Waals surface area (Å²) >= 11 is 0. The average Bonchev–Trinajstić information content (AvgIpc) is 2.70. The number of nitrogens with zero attached hydrogens (tertiary/aromatic N) is 2. The van der Waals surface area contributed by atoms with Crippen LogP contribution in [-0.2, 0) is 4.74 Å². The Morgan fingerprint density at radius 2 is 2.29 bits per heavy atom. The number of anilines is 1. The van der Waals surface area contributed by atoms with Crippen molar-refractivity contribution in [3.05, 3.63) is 29.8 Å². The molecule has 0 aliphatic carbocycles. The van der Waals surface area contributed by atoms with E-state index in [4.69, 9.17) is 10.5 Å². The molecule has 1 amide bonds. The van der Waals surface area contributed by atoms with Crippen molar-refractivity contribution in [1.29, 1.82) is 0 Å². The molecule has 1 aromatic rings. The molecule has 0 aromatic heterocycles. The van der Waals surface area contributed by atoms with Crippen LogP contribution in [0.4, 0.5) is 5.69 Å². The van der Waals surface area contributed by atoms with Crippen LogP contribution in [0.15, 0.2) is 29.4 Å². The van der Waals surface area contributed by atoms with Crippen LogP contribution in [0.2, 0.25) is 0 Å². The van der Waals surface area contributed by atoms with Crippen LogP contribution in [0, 0.1) is 0 Å². The lowest BCUT2D eigenvalue weighted by atomic mass is 10.1. The van der Waals surface area contributed by atoms with Gasteiger partial charge in [-0.05, 0) is 12.1 Å². The van der Waals surface area contributed by atoms with E-state index in [2.05, 4.69) is 5.10 Å². The van der Waals surface area contributed by atoms with Crippen molar-refractivity contribution in [2.45, 2.75) is 0 Å². The maximum Gasteiger partial charge on any atom is 0.250 e. The number of benzene rings is 1. The smallest absolute Gasteiger partial charge is 0.250 e. The quantitative estimate of drug-likeness (QED) is 0.741. The molecule has 1 aliphatic rings. The van der Waals surface area contributed by atoms with Gasteiger partial charge in [0.2, 0.25) is 0 Å². The third kappa shape index (κ3) is 1.39. The first-order chi connectivity index (χ1) is 6.79. The number of ether oxygens (including phenoxy) is 1. The first-order valence-electron chi connectivity index (χ1n) is 4.09.